The molecule has 1 aliphatic rings. The molecule has 0 bridgehead atoms. The van der Waals surface area contributed by atoms with E-state index >= 15 is 0 Å². The third-order valence-corrected chi connectivity index (χ3v) is 3.74. The molecule has 1 aromatic heterocycles. The SMILES string of the molecule is CCCc1nc(C(N)=O)nn1Cc1cc([N+](=O)[O-])cc2c1OCOC2. The first kappa shape index (κ1) is 16.8. The smallest absolute Gasteiger partial charge is 0.288 e. The highest BCUT2D eigenvalue weighted by Crippen LogP contribution is 2.33. The lowest BCUT2D eigenvalue weighted by Crippen LogP contribution is -2.16. The van der Waals surface area contributed by atoms with Gasteiger partial charge in [0.1, 0.15) is 11.6 Å². The molecule has 2 heterocycles. The van der Waals surface area contributed by atoms with Gasteiger partial charge in [-0.3, -0.25) is 14.9 Å². The van der Waals surface area contributed by atoms with E-state index in [1.165, 1.54) is 16.8 Å². The van der Waals surface area contributed by atoms with Crippen LogP contribution in [-0.4, -0.2) is 32.4 Å². The van der Waals surface area contributed by atoms with E-state index in [1.807, 2.05) is 6.92 Å². The van der Waals surface area contributed by atoms with Crippen molar-refractivity contribution in [3.8, 4) is 5.75 Å². The Bertz CT molecular complexity index is 832. The molecule has 0 fully saturated rings. The lowest BCUT2D eigenvalue weighted by Gasteiger charge is -2.20. The Balaban J connectivity index is 2.04. The average molecular weight is 347 g/mol. The van der Waals surface area contributed by atoms with Gasteiger partial charge in [0.2, 0.25) is 5.82 Å². The van der Waals surface area contributed by atoms with E-state index in [0.29, 0.717) is 29.1 Å². The van der Waals surface area contributed by atoms with Crippen LogP contribution >= 0.6 is 0 Å². The number of carbonyl (C=O) groups is 1. The summed E-state index contributed by atoms with van der Waals surface area (Å²) in [7, 11) is 0. The second-order valence-electron chi connectivity index (χ2n) is 5.58. The number of rotatable bonds is 6. The van der Waals surface area contributed by atoms with Gasteiger partial charge >= 0.3 is 0 Å². The number of hydrogen-bond acceptors (Lipinski definition) is 7. The van der Waals surface area contributed by atoms with E-state index < -0.39 is 10.8 Å². The van der Waals surface area contributed by atoms with Crippen molar-refractivity contribution >= 4 is 11.6 Å². The van der Waals surface area contributed by atoms with Crippen molar-refractivity contribution in [3.63, 3.8) is 0 Å². The van der Waals surface area contributed by atoms with E-state index in [4.69, 9.17) is 15.2 Å². The summed E-state index contributed by atoms with van der Waals surface area (Å²) in [4.78, 5) is 26.2. The van der Waals surface area contributed by atoms with Crippen LogP contribution < -0.4 is 10.5 Å². The molecule has 1 aliphatic heterocycles. The minimum Gasteiger partial charge on any atom is -0.467 e. The Morgan fingerprint density at radius 1 is 1.48 bits per heavy atom. The van der Waals surface area contributed by atoms with Gasteiger partial charge in [0, 0.05) is 29.7 Å². The zero-order valence-electron chi connectivity index (χ0n) is 13.6. The molecule has 10 heteroatoms. The Morgan fingerprint density at radius 2 is 2.28 bits per heavy atom. The van der Waals surface area contributed by atoms with Gasteiger partial charge in [0.05, 0.1) is 18.1 Å². The molecule has 2 aromatic rings. The molecular formula is C15H17N5O5. The number of primary amides is 1. The first-order valence-electron chi connectivity index (χ1n) is 7.73. The van der Waals surface area contributed by atoms with Crippen LogP contribution in [0.3, 0.4) is 0 Å². The van der Waals surface area contributed by atoms with Crippen LogP contribution in [0.4, 0.5) is 5.69 Å². The van der Waals surface area contributed by atoms with Gasteiger partial charge < -0.3 is 15.2 Å². The zero-order valence-corrected chi connectivity index (χ0v) is 13.6. The minimum absolute atomic E-state index is 0.0601. The standard InChI is InChI=1S/C15H17N5O5/c1-2-3-12-17-15(14(16)21)18-19(12)6-9-4-11(20(22)23)5-10-7-24-8-25-13(9)10/h4-5H,2-3,6-8H2,1H3,(H2,16,21). The molecule has 0 atom stereocenters. The molecule has 0 aliphatic carbocycles. The quantitative estimate of drug-likeness (QED) is 0.611. The zero-order chi connectivity index (χ0) is 18.0. The second-order valence-corrected chi connectivity index (χ2v) is 5.58. The van der Waals surface area contributed by atoms with Crippen molar-refractivity contribution in [3.05, 3.63) is 45.0 Å². The van der Waals surface area contributed by atoms with Crippen LogP contribution in [0.2, 0.25) is 0 Å². The number of aryl methyl sites for hydroxylation is 1. The maximum atomic E-state index is 11.4. The van der Waals surface area contributed by atoms with Gasteiger partial charge in [0.25, 0.3) is 11.6 Å². The van der Waals surface area contributed by atoms with Gasteiger partial charge in [-0.25, -0.2) is 9.67 Å². The van der Waals surface area contributed by atoms with Crippen molar-refractivity contribution in [2.75, 3.05) is 6.79 Å². The summed E-state index contributed by atoms with van der Waals surface area (Å²) in [5, 5.41) is 15.3. The molecule has 1 amide bonds. The predicted molar refractivity (Wildman–Crippen MR) is 85.0 cm³/mol. The summed E-state index contributed by atoms with van der Waals surface area (Å²) in [5.74, 6) is 0.327. The summed E-state index contributed by atoms with van der Waals surface area (Å²) < 4.78 is 12.2. The summed E-state index contributed by atoms with van der Waals surface area (Å²) >= 11 is 0. The third-order valence-electron chi connectivity index (χ3n) is 3.74. The van der Waals surface area contributed by atoms with Crippen molar-refractivity contribution in [2.24, 2.45) is 5.73 Å². The molecule has 0 saturated carbocycles. The predicted octanol–water partition coefficient (Wildman–Crippen LogP) is 1.15. The Hall–Kier alpha value is -3.01. The van der Waals surface area contributed by atoms with E-state index in [1.54, 1.807) is 0 Å². The average Bonchev–Trinajstić information content (AvgIpc) is 2.98. The summed E-state index contributed by atoms with van der Waals surface area (Å²) in [6.07, 6.45) is 1.40. The van der Waals surface area contributed by atoms with Gasteiger partial charge in [-0.05, 0) is 6.42 Å². The molecule has 3 rings (SSSR count). The fraction of sp³-hybridized carbons (Fsp3) is 0.400. The number of nitro benzene ring substituents is 1. The molecular weight excluding hydrogens is 330 g/mol. The maximum Gasteiger partial charge on any atom is 0.288 e. The van der Waals surface area contributed by atoms with Crippen LogP contribution in [0.1, 0.15) is 40.9 Å². The Morgan fingerprint density at radius 3 is 2.96 bits per heavy atom. The number of fused-ring (bicyclic) bond motifs is 1. The highest BCUT2D eigenvalue weighted by molar-refractivity contribution is 5.88. The Labute approximate surface area is 142 Å². The van der Waals surface area contributed by atoms with Crippen molar-refractivity contribution < 1.29 is 19.2 Å². The highest BCUT2D eigenvalue weighted by Gasteiger charge is 2.23. The van der Waals surface area contributed by atoms with Crippen LogP contribution in [0.25, 0.3) is 0 Å². The lowest BCUT2D eigenvalue weighted by molar-refractivity contribution is -0.385. The molecule has 1 aromatic carbocycles. The highest BCUT2D eigenvalue weighted by atomic mass is 16.7. The van der Waals surface area contributed by atoms with E-state index in [2.05, 4.69) is 10.1 Å². The lowest BCUT2D eigenvalue weighted by atomic mass is 10.1. The van der Waals surface area contributed by atoms with Gasteiger partial charge in [-0.2, -0.15) is 0 Å². The number of hydrogen-bond donors (Lipinski definition) is 1. The van der Waals surface area contributed by atoms with E-state index in [9.17, 15) is 14.9 Å². The monoisotopic (exact) mass is 347 g/mol. The van der Waals surface area contributed by atoms with Crippen molar-refractivity contribution in [1.82, 2.24) is 14.8 Å². The number of nitrogens with zero attached hydrogens (tertiary/aromatic N) is 4. The number of nitro groups is 1. The largest absolute Gasteiger partial charge is 0.467 e. The van der Waals surface area contributed by atoms with Crippen molar-refractivity contribution in [1.29, 1.82) is 0 Å². The molecule has 25 heavy (non-hydrogen) atoms. The van der Waals surface area contributed by atoms with Gasteiger partial charge in [-0.1, -0.05) is 6.92 Å². The first-order valence-corrected chi connectivity index (χ1v) is 7.73. The third kappa shape index (κ3) is 3.43. The number of non-ortho nitro benzene ring substituents is 1. The fourth-order valence-electron chi connectivity index (χ4n) is 2.68. The van der Waals surface area contributed by atoms with Gasteiger partial charge in [0.15, 0.2) is 6.79 Å². The van der Waals surface area contributed by atoms with Crippen LogP contribution in [0, 0.1) is 10.1 Å². The number of amides is 1. The normalized spacial score (nSPS) is 13.2. The topological polar surface area (TPSA) is 135 Å². The molecule has 0 spiro atoms. The van der Waals surface area contributed by atoms with Crippen LogP contribution in [0.15, 0.2) is 12.1 Å². The van der Waals surface area contributed by atoms with Crippen LogP contribution in [0.5, 0.6) is 5.75 Å². The maximum absolute atomic E-state index is 11.4. The Kier molecular flexibility index (Phi) is 4.61. The molecule has 2 N–H and O–H groups in total. The molecule has 0 radical (unpaired) electrons. The van der Waals surface area contributed by atoms with Gasteiger partial charge in [-0.15, -0.1) is 5.10 Å². The summed E-state index contributed by atoms with van der Waals surface area (Å²) in [5.41, 5.74) is 6.37. The molecule has 0 unspecified atom stereocenters. The number of ether oxygens (including phenoxy) is 2. The summed E-state index contributed by atoms with van der Waals surface area (Å²) in [6.45, 7) is 2.46. The van der Waals surface area contributed by atoms with E-state index in [0.717, 1.165) is 6.42 Å². The summed E-state index contributed by atoms with van der Waals surface area (Å²) in [6, 6.07) is 2.87. The second kappa shape index (κ2) is 6.85. The fourth-order valence-corrected chi connectivity index (χ4v) is 2.68. The number of aromatic nitrogens is 3. The van der Waals surface area contributed by atoms with Crippen LogP contribution in [-0.2, 0) is 24.3 Å². The van der Waals surface area contributed by atoms with Crippen molar-refractivity contribution in [2.45, 2.75) is 32.9 Å². The minimum atomic E-state index is -0.721. The molecule has 132 valence electrons. The number of benzene rings is 1. The first-order chi connectivity index (χ1) is 12.0. The molecule has 0 saturated heterocycles. The van der Waals surface area contributed by atoms with E-state index in [-0.39, 0.29) is 31.5 Å². The number of nitrogens with two attached hydrogens (primary N) is 1. The number of carbonyl (C=O) groups excluding carboxylic acids is 1. The molecule has 10 nitrogen and oxygen atoms in total.